The Kier molecular flexibility index (Phi) is 7.56. The lowest BCUT2D eigenvalue weighted by atomic mass is 9.72. The minimum Gasteiger partial charge on any atom is -0.461 e. The molecule has 1 aliphatic carbocycles. The zero-order chi connectivity index (χ0) is 33.2. The van der Waals surface area contributed by atoms with Gasteiger partial charge in [0.25, 0.3) is 5.91 Å². The lowest BCUT2D eigenvalue weighted by Gasteiger charge is -2.43. The highest BCUT2D eigenvalue weighted by molar-refractivity contribution is 5.92. The second kappa shape index (κ2) is 11.7. The fourth-order valence-electron chi connectivity index (χ4n) is 8.79. The Morgan fingerprint density at radius 3 is 2.92 bits per heavy atom. The van der Waals surface area contributed by atoms with Crippen molar-refractivity contribution in [1.29, 1.82) is 5.26 Å². The Morgan fingerprint density at radius 1 is 1.21 bits per heavy atom. The summed E-state index contributed by atoms with van der Waals surface area (Å²) in [6.45, 7) is 3.82. The Morgan fingerprint density at radius 2 is 2.08 bits per heavy atom. The summed E-state index contributed by atoms with van der Waals surface area (Å²) in [6, 6.07) is 8.34. The molecule has 48 heavy (non-hydrogen) atoms. The number of nitrogens with zero attached hydrogens (tertiary/aromatic N) is 8. The van der Waals surface area contributed by atoms with Crippen LogP contribution in [0.4, 0.5) is 15.9 Å². The van der Waals surface area contributed by atoms with Gasteiger partial charge in [0, 0.05) is 63.4 Å². The number of aryl methyl sites for hydroxylation is 2. The minimum absolute atomic E-state index is 0.135. The lowest BCUT2D eigenvalue weighted by Crippen LogP contribution is -2.44. The summed E-state index contributed by atoms with van der Waals surface area (Å²) >= 11 is 0. The van der Waals surface area contributed by atoms with Gasteiger partial charge < -0.3 is 25.0 Å². The van der Waals surface area contributed by atoms with E-state index in [1.54, 1.807) is 14.1 Å². The molecule has 13 heteroatoms. The number of nitrogen functional groups attached to an aromatic ring is 1. The highest BCUT2D eigenvalue weighted by atomic mass is 19.1. The number of alkyl halides is 1. The van der Waals surface area contributed by atoms with E-state index in [1.165, 1.54) is 4.90 Å². The third kappa shape index (κ3) is 5.08. The number of carbonyl (C=O) groups excluding carboxylic acids is 1. The average molecular weight is 656 g/mol. The van der Waals surface area contributed by atoms with Crippen LogP contribution in [0.1, 0.15) is 82.7 Å². The number of hydrogen-bond donors (Lipinski definition) is 1. The van der Waals surface area contributed by atoms with Crippen LogP contribution in [-0.4, -0.2) is 87.5 Å². The molecular weight excluding hydrogens is 613 g/mol. The number of carbonyl (C=O) groups is 1. The normalized spacial score (nSPS) is 26.3. The van der Waals surface area contributed by atoms with Crippen LogP contribution in [0.25, 0.3) is 0 Å². The molecule has 12 nitrogen and oxygen atoms in total. The van der Waals surface area contributed by atoms with Gasteiger partial charge in [0.05, 0.1) is 35.6 Å². The van der Waals surface area contributed by atoms with Gasteiger partial charge in [0.2, 0.25) is 0 Å². The van der Waals surface area contributed by atoms with Crippen molar-refractivity contribution < 1.29 is 18.7 Å². The van der Waals surface area contributed by atoms with E-state index in [0.29, 0.717) is 62.6 Å². The molecule has 2 saturated heterocycles. The van der Waals surface area contributed by atoms with E-state index < -0.39 is 11.8 Å². The Bertz CT molecular complexity index is 1820. The van der Waals surface area contributed by atoms with E-state index in [2.05, 4.69) is 21.0 Å². The second-order valence-electron chi connectivity index (χ2n) is 14.3. The van der Waals surface area contributed by atoms with E-state index in [9.17, 15) is 14.4 Å². The number of nitriles is 1. The highest BCUT2D eigenvalue weighted by Crippen LogP contribution is 2.48. The van der Waals surface area contributed by atoms with E-state index in [4.69, 9.17) is 25.2 Å². The van der Waals surface area contributed by atoms with Crippen molar-refractivity contribution in [3.05, 3.63) is 57.5 Å². The number of amides is 1. The van der Waals surface area contributed by atoms with Crippen LogP contribution in [0.2, 0.25) is 0 Å². The molecule has 8 rings (SSSR count). The number of rotatable bonds is 5. The molecule has 0 radical (unpaired) electrons. The minimum atomic E-state index is -0.856. The van der Waals surface area contributed by atoms with Crippen molar-refractivity contribution in [1.82, 2.24) is 29.5 Å². The molecule has 2 aromatic heterocycles. The molecule has 2 N–H and O–H groups in total. The predicted octanol–water partition coefficient (Wildman–Crippen LogP) is 3.50. The molecule has 1 aromatic carbocycles. The van der Waals surface area contributed by atoms with Crippen molar-refractivity contribution in [2.45, 2.75) is 88.4 Å². The highest BCUT2D eigenvalue weighted by Gasteiger charge is 2.50. The largest absolute Gasteiger partial charge is 0.461 e. The van der Waals surface area contributed by atoms with Gasteiger partial charge in [0.1, 0.15) is 30.3 Å². The standard InChI is InChI=1S/C35H42FN9O3/c1-42(2)32(46)28-14-24-19-43(11-5-13-45(24)41-28)31-26-20-48-35(10-3-6-22-7-8-27(38)25(17-37)30(22)35)16-29(26)39-33(40-31)47-21-34-9-4-12-44(34)18-23(36)15-34/h7-8,14,23H,3-6,9-13,15-16,18-21,38H2,1-2H3. The smallest absolute Gasteiger partial charge is 0.318 e. The van der Waals surface area contributed by atoms with Crippen LogP contribution in [0.5, 0.6) is 6.01 Å². The van der Waals surface area contributed by atoms with Crippen LogP contribution in [0.15, 0.2) is 18.2 Å². The Balaban J connectivity index is 1.18. The molecule has 0 saturated carbocycles. The zero-order valence-corrected chi connectivity index (χ0v) is 27.7. The SMILES string of the molecule is CN(C)C(=O)c1cc2n(n1)CCCN(c1nc(OCC34CCCN3CC(F)C4)nc3c1COC1(CCCc4ccc(N)c(C#N)c41)C3)C2. The topological polar surface area (TPSA) is 139 Å². The maximum Gasteiger partial charge on any atom is 0.318 e. The molecule has 0 bridgehead atoms. The van der Waals surface area contributed by atoms with E-state index in [0.717, 1.165) is 79.0 Å². The van der Waals surface area contributed by atoms with Crippen LogP contribution in [-0.2, 0) is 42.9 Å². The first kappa shape index (κ1) is 31.0. The number of aromatic nitrogens is 4. The third-order valence-corrected chi connectivity index (χ3v) is 11.1. The quantitative estimate of drug-likeness (QED) is 0.407. The summed E-state index contributed by atoms with van der Waals surface area (Å²) < 4.78 is 29.8. The van der Waals surface area contributed by atoms with E-state index in [1.807, 2.05) is 22.9 Å². The molecule has 5 aliphatic rings. The number of ether oxygens (including phenoxy) is 2. The van der Waals surface area contributed by atoms with Crippen molar-refractivity contribution in [2.24, 2.45) is 0 Å². The van der Waals surface area contributed by atoms with Crippen LogP contribution in [0, 0.1) is 11.3 Å². The first-order valence-electron chi connectivity index (χ1n) is 17.1. The molecule has 252 valence electrons. The molecule has 1 spiro atoms. The number of halogens is 1. The van der Waals surface area contributed by atoms with Crippen molar-refractivity contribution in [3.63, 3.8) is 0 Å². The van der Waals surface area contributed by atoms with Crippen LogP contribution >= 0.6 is 0 Å². The van der Waals surface area contributed by atoms with Crippen molar-refractivity contribution in [3.8, 4) is 12.1 Å². The number of benzene rings is 1. The monoisotopic (exact) mass is 655 g/mol. The molecule has 6 heterocycles. The van der Waals surface area contributed by atoms with Crippen molar-refractivity contribution >= 4 is 17.4 Å². The molecule has 2 fully saturated rings. The average Bonchev–Trinajstić information content (AvgIpc) is 3.70. The van der Waals surface area contributed by atoms with Gasteiger partial charge in [0.15, 0.2) is 5.69 Å². The third-order valence-electron chi connectivity index (χ3n) is 11.1. The summed E-state index contributed by atoms with van der Waals surface area (Å²) in [7, 11) is 3.45. The van der Waals surface area contributed by atoms with E-state index >= 15 is 0 Å². The lowest BCUT2D eigenvalue weighted by molar-refractivity contribution is -0.0857. The van der Waals surface area contributed by atoms with E-state index in [-0.39, 0.29) is 24.1 Å². The molecule has 1 amide bonds. The Hall–Kier alpha value is -4.28. The first-order valence-corrected chi connectivity index (χ1v) is 17.1. The van der Waals surface area contributed by atoms with Gasteiger partial charge in [-0.05, 0) is 62.8 Å². The number of nitrogens with two attached hydrogens (primary N) is 1. The molecule has 4 aliphatic heterocycles. The summed E-state index contributed by atoms with van der Waals surface area (Å²) in [5, 5.41) is 14.8. The maximum atomic E-state index is 14.6. The number of fused-ring (bicyclic) bond motifs is 5. The summed E-state index contributed by atoms with van der Waals surface area (Å²) in [5.74, 6) is 0.600. The molecule has 3 unspecified atom stereocenters. The Labute approximate surface area is 279 Å². The second-order valence-corrected chi connectivity index (χ2v) is 14.3. The first-order chi connectivity index (χ1) is 23.2. The number of anilines is 2. The maximum absolute atomic E-state index is 14.6. The zero-order valence-electron chi connectivity index (χ0n) is 27.7. The summed E-state index contributed by atoms with van der Waals surface area (Å²) in [5.41, 5.74) is 11.2. The summed E-state index contributed by atoms with van der Waals surface area (Å²) in [6.07, 6.45) is 5.30. The molecule has 3 atom stereocenters. The predicted molar refractivity (Wildman–Crippen MR) is 175 cm³/mol. The van der Waals surface area contributed by atoms with Gasteiger partial charge in [-0.25, -0.2) is 4.39 Å². The molecular formula is C35H42FN9O3. The van der Waals surface area contributed by atoms with Crippen molar-refractivity contribution in [2.75, 3.05) is 51.0 Å². The fourth-order valence-corrected chi connectivity index (χ4v) is 8.79. The van der Waals surface area contributed by atoms with Gasteiger partial charge in [-0.2, -0.15) is 20.3 Å². The van der Waals surface area contributed by atoms with Crippen LogP contribution in [0.3, 0.4) is 0 Å². The van der Waals surface area contributed by atoms with Gasteiger partial charge >= 0.3 is 6.01 Å². The molecule has 3 aromatic rings. The van der Waals surface area contributed by atoms with Gasteiger partial charge in [-0.1, -0.05) is 6.07 Å². The fraction of sp³-hybridized carbons (Fsp3) is 0.571. The van der Waals surface area contributed by atoms with Gasteiger partial charge in [-0.15, -0.1) is 0 Å². The summed E-state index contributed by atoms with van der Waals surface area (Å²) in [4.78, 5) is 28.8. The van der Waals surface area contributed by atoms with Crippen LogP contribution < -0.4 is 15.4 Å². The van der Waals surface area contributed by atoms with Gasteiger partial charge in [-0.3, -0.25) is 14.4 Å². The number of hydrogen-bond acceptors (Lipinski definition) is 10.